The van der Waals surface area contributed by atoms with Crippen LogP contribution in [0.4, 0.5) is 0 Å². The molecule has 1 aliphatic heterocycles. The summed E-state index contributed by atoms with van der Waals surface area (Å²) < 4.78 is 0. The summed E-state index contributed by atoms with van der Waals surface area (Å²) in [7, 11) is 0. The molecule has 6 N–H and O–H groups in total. The molecule has 12 nitrogen and oxygen atoms in total. The van der Waals surface area contributed by atoms with E-state index >= 15 is 0 Å². The van der Waals surface area contributed by atoms with Crippen LogP contribution in [0.5, 0.6) is 0 Å². The van der Waals surface area contributed by atoms with Crippen LogP contribution in [-0.2, 0) is 25.6 Å². The summed E-state index contributed by atoms with van der Waals surface area (Å²) in [6.07, 6.45) is 0.755. The van der Waals surface area contributed by atoms with Gasteiger partial charge in [-0.25, -0.2) is 14.6 Å². The number of aromatic amines is 1. The number of primary amides is 1. The molecule has 3 heterocycles. The Morgan fingerprint density at radius 2 is 1.89 bits per heavy atom. The van der Waals surface area contributed by atoms with Gasteiger partial charge in [0.15, 0.2) is 0 Å². The summed E-state index contributed by atoms with van der Waals surface area (Å²) in [6.45, 7) is 0.370. The van der Waals surface area contributed by atoms with Gasteiger partial charge >= 0.3 is 11.9 Å². The predicted molar refractivity (Wildman–Crippen MR) is 132 cm³/mol. The van der Waals surface area contributed by atoms with Crippen LogP contribution in [0, 0.1) is 0 Å². The lowest BCUT2D eigenvalue weighted by Gasteiger charge is -2.21. The van der Waals surface area contributed by atoms with E-state index in [2.05, 4.69) is 15.3 Å². The number of aryl methyl sites for hydroxylation is 1. The molecule has 1 saturated heterocycles. The first-order chi connectivity index (χ1) is 17.7. The molecule has 0 aliphatic carbocycles. The molecule has 0 radical (unpaired) electrons. The van der Waals surface area contributed by atoms with Crippen molar-refractivity contribution >= 4 is 51.5 Å². The molecule has 0 spiro atoms. The van der Waals surface area contributed by atoms with E-state index in [1.807, 2.05) is 24.3 Å². The van der Waals surface area contributed by atoms with Crippen LogP contribution in [0.2, 0.25) is 0 Å². The van der Waals surface area contributed by atoms with Crippen molar-refractivity contribution in [2.75, 3.05) is 6.54 Å². The number of aromatic nitrogens is 2. The minimum atomic E-state index is -1.34. The molecular weight excluding hydrogens is 482 g/mol. The number of amides is 3. The molecule has 194 valence electrons. The second-order valence-electron chi connectivity index (χ2n) is 9.00. The fourth-order valence-corrected chi connectivity index (χ4v) is 4.68. The summed E-state index contributed by atoms with van der Waals surface area (Å²) >= 11 is 0. The number of para-hydroxylation sites is 1. The van der Waals surface area contributed by atoms with Crippen molar-refractivity contribution in [1.29, 1.82) is 0 Å². The summed E-state index contributed by atoms with van der Waals surface area (Å²) in [5, 5.41) is 22.7. The average Bonchev–Trinajstić information content (AvgIpc) is 3.50. The quantitative estimate of drug-likeness (QED) is 0.268. The van der Waals surface area contributed by atoms with Crippen molar-refractivity contribution in [2.24, 2.45) is 5.73 Å². The monoisotopic (exact) mass is 509 g/mol. The Labute approximate surface area is 210 Å². The fraction of sp³-hybridized carbons (Fsp3) is 0.360. The summed E-state index contributed by atoms with van der Waals surface area (Å²) in [6, 6.07) is 6.76. The number of H-pyrrole nitrogens is 1. The molecular formula is C25H27N5O7. The Bertz CT molecular complexity index is 1400. The largest absolute Gasteiger partial charge is 0.480 e. The Morgan fingerprint density at radius 3 is 2.59 bits per heavy atom. The lowest BCUT2D eigenvalue weighted by molar-refractivity contribution is -0.148. The van der Waals surface area contributed by atoms with Crippen molar-refractivity contribution < 1.29 is 34.2 Å². The van der Waals surface area contributed by atoms with E-state index in [9.17, 15) is 34.2 Å². The molecule has 1 fully saturated rings. The van der Waals surface area contributed by atoms with E-state index in [1.165, 1.54) is 4.90 Å². The van der Waals surface area contributed by atoms with E-state index in [0.29, 0.717) is 36.0 Å². The first-order valence-corrected chi connectivity index (χ1v) is 11.9. The van der Waals surface area contributed by atoms with Crippen molar-refractivity contribution in [3.8, 4) is 0 Å². The number of benzene rings is 1. The van der Waals surface area contributed by atoms with Gasteiger partial charge in [-0.05, 0) is 31.4 Å². The maximum Gasteiger partial charge on any atom is 0.326 e. The van der Waals surface area contributed by atoms with Crippen molar-refractivity contribution in [3.63, 3.8) is 0 Å². The number of nitrogens with zero attached hydrogens (tertiary/aromatic N) is 2. The maximum atomic E-state index is 13.0. The molecule has 3 amide bonds. The van der Waals surface area contributed by atoms with E-state index in [-0.39, 0.29) is 37.3 Å². The smallest absolute Gasteiger partial charge is 0.326 e. The van der Waals surface area contributed by atoms with Crippen molar-refractivity contribution in [2.45, 2.75) is 50.6 Å². The number of carboxylic acid groups (broad SMARTS) is 2. The Balaban J connectivity index is 1.64. The lowest BCUT2D eigenvalue weighted by Crippen LogP contribution is -2.41. The van der Waals surface area contributed by atoms with Gasteiger partial charge in [0.2, 0.25) is 11.8 Å². The number of nitrogens with two attached hydrogens (primary N) is 1. The lowest BCUT2D eigenvalue weighted by atomic mass is 10.1. The number of nitrogens with one attached hydrogen (secondary N) is 2. The standard InChI is InChI=1S/C25H27N5O7/c26-20(31)9-7-17(24(34)35)29-23(33)18-12-14-13-4-1-2-5-15(13)28-22(14)16(27-18)8-10-21(32)30-11-3-6-19(30)25(36)37/h1-2,4-5,12,17,19,28H,3,6-11H2,(H2,26,31)(H,29,33)(H,34,35)(H,36,37)/t17-,19-/m0/s1. The minimum Gasteiger partial charge on any atom is -0.480 e. The topological polar surface area (TPSA) is 196 Å². The maximum absolute atomic E-state index is 13.0. The summed E-state index contributed by atoms with van der Waals surface area (Å²) in [5.41, 5.74) is 6.90. The van der Waals surface area contributed by atoms with Crippen LogP contribution in [0.3, 0.4) is 0 Å². The minimum absolute atomic E-state index is 0.0112. The van der Waals surface area contributed by atoms with Gasteiger partial charge in [0.05, 0.1) is 11.2 Å². The normalized spacial score (nSPS) is 16.1. The van der Waals surface area contributed by atoms with Gasteiger partial charge in [0.1, 0.15) is 17.8 Å². The number of hydrogen-bond acceptors (Lipinski definition) is 6. The van der Waals surface area contributed by atoms with E-state index in [4.69, 9.17) is 5.73 Å². The summed E-state index contributed by atoms with van der Waals surface area (Å²) in [4.78, 5) is 69.1. The number of carbonyl (C=O) groups excluding carboxylic acids is 3. The molecule has 1 aliphatic rings. The van der Waals surface area contributed by atoms with Gasteiger partial charge < -0.3 is 31.1 Å². The van der Waals surface area contributed by atoms with Crippen LogP contribution in [-0.4, -0.2) is 73.4 Å². The van der Waals surface area contributed by atoms with Crippen LogP contribution < -0.4 is 11.1 Å². The number of aliphatic carboxylic acids is 2. The van der Waals surface area contributed by atoms with E-state index < -0.39 is 35.8 Å². The van der Waals surface area contributed by atoms with Gasteiger partial charge in [0.25, 0.3) is 5.91 Å². The van der Waals surface area contributed by atoms with Crippen LogP contribution in [0.25, 0.3) is 21.8 Å². The highest BCUT2D eigenvalue weighted by molar-refractivity contribution is 6.10. The number of fused-ring (bicyclic) bond motifs is 3. The third kappa shape index (κ3) is 5.52. The molecule has 3 aromatic rings. The highest BCUT2D eigenvalue weighted by atomic mass is 16.4. The molecule has 0 saturated carbocycles. The number of hydrogen-bond donors (Lipinski definition) is 5. The van der Waals surface area contributed by atoms with Crippen molar-refractivity contribution in [3.05, 3.63) is 41.7 Å². The van der Waals surface area contributed by atoms with Gasteiger partial charge in [-0.3, -0.25) is 14.4 Å². The molecule has 0 bridgehead atoms. The molecule has 4 rings (SSSR count). The molecule has 12 heteroatoms. The predicted octanol–water partition coefficient (Wildman–Crippen LogP) is 1.17. The fourth-order valence-electron chi connectivity index (χ4n) is 4.68. The van der Waals surface area contributed by atoms with Gasteiger partial charge in [0, 0.05) is 42.1 Å². The number of carbonyl (C=O) groups is 5. The molecule has 2 atom stereocenters. The highest BCUT2D eigenvalue weighted by Gasteiger charge is 2.33. The van der Waals surface area contributed by atoms with Crippen LogP contribution >= 0.6 is 0 Å². The number of carboxylic acids is 2. The van der Waals surface area contributed by atoms with Crippen molar-refractivity contribution in [1.82, 2.24) is 20.2 Å². The zero-order valence-electron chi connectivity index (χ0n) is 19.9. The van der Waals surface area contributed by atoms with Gasteiger partial charge in [-0.2, -0.15) is 0 Å². The Hall–Kier alpha value is -4.48. The molecule has 2 aromatic heterocycles. The second kappa shape index (κ2) is 10.6. The Morgan fingerprint density at radius 1 is 1.14 bits per heavy atom. The number of likely N-dealkylation sites (tertiary alicyclic amines) is 1. The third-order valence-electron chi connectivity index (χ3n) is 6.52. The molecule has 37 heavy (non-hydrogen) atoms. The second-order valence-corrected chi connectivity index (χ2v) is 9.00. The highest BCUT2D eigenvalue weighted by Crippen LogP contribution is 2.29. The number of pyridine rings is 1. The third-order valence-corrected chi connectivity index (χ3v) is 6.52. The van der Waals surface area contributed by atoms with Gasteiger partial charge in [-0.1, -0.05) is 18.2 Å². The van der Waals surface area contributed by atoms with Crippen LogP contribution in [0.1, 0.15) is 48.3 Å². The SMILES string of the molecule is NC(=O)CC[C@H](NC(=O)c1cc2c([nH]c3ccccc32)c(CCC(=O)N2CCC[C@H]2C(=O)O)n1)C(=O)O. The zero-order valence-corrected chi connectivity index (χ0v) is 19.9. The van der Waals surface area contributed by atoms with Gasteiger partial charge in [-0.15, -0.1) is 0 Å². The Kier molecular flexibility index (Phi) is 7.37. The molecule has 0 unspecified atom stereocenters. The van der Waals surface area contributed by atoms with E-state index in [0.717, 1.165) is 10.9 Å². The zero-order chi connectivity index (χ0) is 26.7. The first-order valence-electron chi connectivity index (χ1n) is 11.9. The first kappa shape index (κ1) is 25.6. The number of rotatable bonds is 10. The summed E-state index contributed by atoms with van der Waals surface area (Å²) in [5.74, 6) is -4.10. The van der Waals surface area contributed by atoms with E-state index in [1.54, 1.807) is 6.07 Å². The average molecular weight is 510 g/mol. The molecule has 1 aromatic carbocycles. The van der Waals surface area contributed by atoms with Crippen LogP contribution in [0.15, 0.2) is 30.3 Å².